The van der Waals surface area contributed by atoms with Crippen LogP contribution < -0.4 is 10.0 Å². The van der Waals surface area contributed by atoms with E-state index in [1.807, 2.05) is 12.1 Å². The molecule has 21 heavy (non-hydrogen) atoms. The molecular weight excluding hydrogens is 286 g/mol. The Labute approximate surface area is 127 Å². The van der Waals surface area contributed by atoms with Gasteiger partial charge in [0.05, 0.1) is 11.8 Å². The van der Waals surface area contributed by atoms with Crippen molar-refractivity contribution in [1.29, 1.82) is 5.26 Å². The maximum atomic E-state index is 11.5. The number of benzene rings is 1. The molecule has 0 spiro atoms. The highest BCUT2D eigenvalue weighted by molar-refractivity contribution is 7.92. The molecule has 0 aromatic heterocycles. The molecule has 0 atom stereocenters. The maximum absolute atomic E-state index is 11.5. The summed E-state index contributed by atoms with van der Waals surface area (Å²) in [6.07, 6.45) is 1.39. The quantitative estimate of drug-likeness (QED) is 0.772. The van der Waals surface area contributed by atoms with Gasteiger partial charge in [0.15, 0.2) is 0 Å². The van der Waals surface area contributed by atoms with Crippen LogP contribution in [0.25, 0.3) is 0 Å². The van der Waals surface area contributed by atoms with Crippen LogP contribution in [0.15, 0.2) is 24.3 Å². The van der Waals surface area contributed by atoms with Crippen LogP contribution >= 0.6 is 0 Å². The summed E-state index contributed by atoms with van der Waals surface area (Å²) in [6, 6.07) is 9.31. The normalized spacial score (nSPS) is 11.7. The molecule has 2 N–H and O–H groups in total. The average Bonchev–Trinajstić information content (AvgIpc) is 2.44. The van der Waals surface area contributed by atoms with E-state index in [2.05, 4.69) is 30.0 Å². The molecular formula is C15H23N3O2S. The van der Waals surface area contributed by atoms with Crippen molar-refractivity contribution in [3.05, 3.63) is 24.3 Å². The monoisotopic (exact) mass is 309 g/mol. The number of anilines is 2. The Hall–Kier alpha value is -1.74. The number of nitrogens with zero attached hydrogens (tertiary/aromatic N) is 1. The van der Waals surface area contributed by atoms with E-state index in [4.69, 9.17) is 5.26 Å². The fraction of sp³-hybridized carbons (Fsp3) is 0.533. The van der Waals surface area contributed by atoms with Crippen molar-refractivity contribution in [3.8, 4) is 6.07 Å². The standard InChI is InChI=1S/C15H23N3O2S/c1-4-21(19,20)18-14-8-6-13(7-9-14)17-12-15(2,3)10-5-11-16/h6-9,17-18H,4-5,10,12H2,1-3H3. The Morgan fingerprint density at radius 1 is 1.19 bits per heavy atom. The number of nitriles is 1. The zero-order valence-corrected chi connectivity index (χ0v) is 13.6. The Bertz CT molecular complexity index is 586. The molecule has 0 saturated carbocycles. The second kappa shape index (κ2) is 7.32. The minimum Gasteiger partial charge on any atom is -0.385 e. The van der Waals surface area contributed by atoms with Crippen LogP contribution in [-0.2, 0) is 10.0 Å². The zero-order valence-electron chi connectivity index (χ0n) is 12.8. The van der Waals surface area contributed by atoms with Crippen molar-refractivity contribution in [1.82, 2.24) is 0 Å². The summed E-state index contributed by atoms with van der Waals surface area (Å²) in [4.78, 5) is 0. The van der Waals surface area contributed by atoms with Crippen LogP contribution in [0.2, 0.25) is 0 Å². The van der Waals surface area contributed by atoms with E-state index in [9.17, 15) is 8.42 Å². The summed E-state index contributed by atoms with van der Waals surface area (Å²) >= 11 is 0. The largest absolute Gasteiger partial charge is 0.385 e. The van der Waals surface area contributed by atoms with Crippen LogP contribution in [-0.4, -0.2) is 20.7 Å². The predicted molar refractivity (Wildman–Crippen MR) is 86.6 cm³/mol. The molecule has 0 radical (unpaired) electrons. The summed E-state index contributed by atoms with van der Waals surface area (Å²) < 4.78 is 25.4. The van der Waals surface area contributed by atoms with Crippen LogP contribution in [0.1, 0.15) is 33.6 Å². The van der Waals surface area contributed by atoms with Gasteiger partial charge < -0.3 is 5.32 Å². The van der Waals surface area contributed by atoms with Gasteiger partial charge in [-0.05, 0) is 43.0 Å². The number of hydrogen-bond donors (Lipinski definition) is 2. The molecule has 1 rings (SSSR count). The minimum absolute atomic E-state index is 0.0399. The second-order valence-corrected chi connectivity index (χ2v) is 7.77. The van der Waals surface area contributed by atoms with Gasteiger partial charge in [0, 0.05) is 24.3 Å². The maximum Gasteiger partial charge on any atom is 0.232 e. The Morgan fingerprint density at radius 2 is 1.76 bits per heavy atom. The van der Waals surface area contributed by atoms with Crippen LogP contribution in [0.4, 0.5) is 11.4 Å². The third kappa shape index (κ3) is 6.50. The molecule has 0 aliphatic heterocycles. The molecule has 0 aliphatic carbocycles. The molecule has 0 fully saturated rings. The summed E-state index contributed by atoms with van der Waals surface area (Å²) in [5, 5.41) is 11.9. The van der Waals surface area contributed by atoms with Gasteiger partial charge >= 0.3 is 0 Å². The van der Waals surface area contributed by atoms with Gasteiger partial charge in [0.1, 0.15) is 0 Å². The lowest BCUT2D eigenvalue weighted by Crippen LogP contribution is -2.22. The predicted octanol–water partition coefficient (Wildman–Crippen LogP) is 3.19. The van der Waals surface area contributed by atoms with Gasteiger partial charge in [-0.2, -0.15) is 5.26 Å². The lowest BCUT2D eigenvalue weighted by Gasteiger charge is -2.24. The summed E-state index contributed by atoms with van der Waals surface area (Å²) in [6.45, 7) is 6.58. The molecule has 0 bridgehead atoms. The fourth-order valence-electron chi connectivity index (χ4n) is 1.73. The van der Waals surface area contributed by atoms with Crippen molar-refractivity contribution in [3.63, 3.8) is 0 Å². The van der Waals surface area contributed by atoms with Crippen LogP contribution in [0.5, 0.6) is 0 Å². The first-order chi connectivity index (χ1) is 9.78. The third-order valence-electron chi connectivity index (χ3n) is 3.22. The molecule has 0 aliphatic rings. The highest BCUT2D eigenvalue weighted by atomic mass is 32.2. The van der Waals surface area contributed by atoms with E-state index in [0.29, 0.717) is 12.1 Å². The van der Waals surface area contributed by atoms with Crippen LogP contribution in [0.3, 0.4) is 0 Å². The van der Waals surface area contributed by atoms with Gasteiger partial charge in [-0.3, -0.25) is 4.72 Å². The average molecular weight is 309 g/mol. The lowest BCUT2D eigenvalue weighted by atomic mass is 9.88. The smallest absolute Gasteiger partial charge is 0.232 e. The highest BCUT2D eigenvalue weighted by Gasteiger charge is 2.17. The first-order valence-corrected chi connectivity index (χ1v) is 8.64. The summed E-state index contributed by atoms with van der Waals surface area (Å²) in [5.74, 6) is 0.0556. The highest BCUT2D eigenvalue weighted by Crippen LogP contribution is 2.23. The first-order valence-electron chi connectivity index (χ1n) is 6.99. The molecule has 1 aromatic carbocycles. The van der Waals surface area contributed by atoms with E-state index in [1.165, 1.54) is 0 Å². The summed E-state index contributed by atoms with van der Waals surface area (Å²) in [5.41, 5.74) is 1.53. The van der Waals surface area contributed by atoms with Gasteiger partial charge in [0.25, 0.3) is 0 Å². The molecule has 0 saturated heterocycles. The van der Waals surface area contributed by atoms with E-state index in [0.717, 1.165) is 18.7 Å². The van der Waals surface area contributed by atoms with Crippen molar-refractivity contribution in [2.75, 3.05) is 22.3 Å². The Morgan fingerprint density at radius 3 is 2.29 bits per heavy atom. The van der Waals surface area contributed by atoms with Crippen LogP contribution in [0, 0.1) is 16.7 Å². The van der Waals surface area contributed by atoms with Gasteiger partial charge in [0.2, 0.25) is 10.0 Å². The molecule has 0 unspecified atom stereocenters. The van der Waals surface area contributed by atoms with E-state index in [-0.39, 0.29) is 11.2 Å². The number of sulfonamides is 1. The topological polar surface area (TPSA) is 82.0 Å². The van der Waals surface area contributed by atoms with Gasteiger partial charge in [-0.25, -0.2) is 8.42 Å². The molecule has 0 heterocycles. The number of hydrogen-bond acceptors (Lipinski definition) is 4. The van der Waals surface area contributed by atoms with E-state index < -0.39 is 10.0 Å². The van der Waals surface area contributed by atoms with Crippen molar-refractivity contribution >= 4 is 21.4 Å². The minimum atomic E-state index is -3.23. The number of rotatable bonds is 8. The van der Waals surface area contributed by atoms with Crippen molar-refractivity contribution < 1.29 is 8.42 Å². The van der Waals surface area contributed by atoms with E-state index >= 15 is 0 Å². The van der Waals surface area contributed by atoms with Gasteiger partial charge in [-0.1, -0.05) is 13.8 Å². The van der Waals surface area contributed by atoms with E-state index in [1.54, 1.807) is 19.1 Å². The third-order valence-corrected chi connectivity index (χ3v) is 4.53. The second-order valence-electron chi connectivity index (χ2n) is 5.76. The Balaban J connectivity index is 2.58. The molecule has 6 heteroatoms. The molecule has 5 nitrogen and oxygen atoms in total. The first kappa shape index (κ1) is 17.3. The van der Waals surface area contributed by atoms with Crippen molar-refractivity contribution in [2.45, 2.75) is 33.6 Å². The Kier molecular flexibility index (Phi) is 6.03. The number of nitrogens with one attached hydrogen (secondary N) is 2. The fourth-order valence-corrected chi connectivity index (χ4v) is 2.37. The molecule has 0 amide bonds. The lowest BCUT2D eigenvalue weighted by molar-refractivity contribution is 0.364. The summed E-state index contributed by atoms with van der Waals surface area (Å²) in [7, 11) is -3.23. The molecule has 116 valence electrons. The molecule has 1 aromatic rings. The zero-order chi connectivity index (χ0) is 15.9. The van der Waals surface area contributed by atoms with Gasteiger partial charge in [-0.15, -0.1) is 0 Å². The SMILES string of the molecule is CCS(=O)(=O)Nc1ccc(NCC(C)(C)CCC#N)cc1. The van der Waals surface area contributed by atoms with Crippen molar-refractivity contribution in [2.24, 2.45) is 5.41 Å².